The molecule has 2 heterocycles. The van der Waals surface area contributed by atoms with E-state index in [2.05, 4.69) is 10.6 Å². The average Bonchev–Trinajstić information content (AvgIpc) is 3.01. The van der Waals surface area contributed by atoms with Crippen LogP contribution in [0.5, 0.6) is 0 Å². The minimum absolute atomic E-state index is 0.146. The third-order valence-electron chi connectivity index (χ3n) is 7.74. The lowest BCUT2D eigenvalue weighted by Gasteiger charge is -2.38. The SMILES string of the molecule is CC(C)(C)OC(=O)C(=O)OC(C)(C)C.C[C@@H]1CC[C@H](Cc2ccc(Cl)cc2)NC1=O.C[C@H]1C(=O)N[C@@H](Cc2ccc(Cl)cc2)CN1C(=O)OC(C)(C)C. The molecule has 2 aliphatic heterocycles. The van der Waals surface area contributed by atoms with Crippen molar-refractivity contribution in [3.05, 3.63) is 69.7 Å². The molecule has 2 aromatic rings. The summed E-state index contributed by atoms with van der Waals surface area (Å²) >= 11 is 11.7. The molecule has 4 rings (SSSR count). The summed E-state index contributed by atoms with van der Waals surface area (Å²) in [5.41, 5.74) is 0.348. The quantitative estimate of drug-likeness (QED) is 0.185. The first-order valence-corrected chi connectivity index (χ1v) is 18.6. The van der Waals surface area contributed by atoms with E-state index in [1.54, 1.807) is 48.5 Å². The Balaban J connectivity index is 0.000000287. The molecule has 2 aliphatic rings. The number of nitrogens with one attached hydrogen (secondary N) is 2. The minimum Gasteiger partial charge on any atom is -0.452 e. The summed E-state index contributed by atoms with van der Waals surface area (Å²) in [5, 5.41) is 7.44. The van der Waals surface area contributed by atoms with Crippen LogP contribution in [0.25, 0.3) is 0 Å². The van der Waals surface area contributed by atoms with Gasteiger partial charge in [-0.3, -0.25) is 14.5 Å². The molecular weight excluding hydrogens is 721 g/mol. The van der Waals surface area contributed by atoms with Crippen molar-refractivity contribution >= 4 is 53.0 Å². The average molecular weight is 779 g/mol. The number of amides is 3. The van der Waals surface area contributed by atoms with Gasteiger partial charge < -0.3 is 24.8 Å². The van der Waals surface area contributed by atoms with E-state index < -0.39 is 40.9 Å². The zero-order valence-electron chi connectivity index (χ0n) is 32.9. The van der Waals surface area contributed by atoms with Gasteiger partial charge >= 0.3 is 18.0 Å². The second-order valence-corrected chi connectivity index (χ2v) is 17.2. The van der Waals surface area contributed by atoms with Crippen LogP contribution in [-0.2, 0) is 46.2 Å². The van der Waals surface area contributed by atoms with Crippen LogP contribution >= 0.6 is 23.2 Å². The fourth-order valence-corrected chi connectivity index (χ4v) is 5.43. The van der Waals surface area contributed by atoms with E-state index in [0.717, 1.165) is 29.8 Å². The van der Waals surface area contributed by atoms with E-state index in [4.69, 9.17) is 37.4 Å². The van der Waals surface area contributed by atoms with Gasteiger partial charge in [0.25, 0.3) is 0 Å². The highest BCUT2D eigenvalue weighted by molar-refractivity contribution is 6.31. The van der Waals surface area contributed by atoms with E-state index in [-0.39, 0.29) is 29.8 Å². The summed E-state index contributed by atoms with van der Waals surface area (Å²) in [6.45, 7) is 19.7. The van der Waals surface area contributed by atoms with Gasteiger partial charge in [-0.2, -0.15) is 0 Å². The number of carbonyl (C=O) groups is 5. The van der Waals surface area contributed by atoms with Gasteiger partial charge in [-0.15, -0.1) is 0 Å². The van der Waals surface area contributed by atoms with Crippen molar-refractivity contribution in [2.24, 2.45) is 5.92 Å². The molecular formula is C40H57Cl2N3O8. The van der Waals surface area contributed by atoms with Crippen molar-refractivity contribution < 1.29 is 38.2 Å². The van der Waals surface area contributed by atoms with Gasteiger partial charge in [-0.25, -0.2) is 14.4 Å². The van der Waals surface area contributed by atoms with E-state index in [1.807, 2.05) is 76.2 Å². The first kappa shape index (κ1) is 45.3. The van der Waals surface area contributed by atoms with Crippen LogP contribution in [0.1, 0.15) is 100 Å². The first-order chi connectivity index (χ1) is 24.3. The number of rotatable bonds is 4. The van der Waals surface area contributed by atoms with Crippen LogP contribution in [0.4, 0.5) is 4.79 Å². The van der Waals surface area contributed by atoms with Crippen molar-refractivity contribution in [2.75, 3.05) is 6.54 Å². The first-order valence-electron chi connectivity index (χ1n) is 17.9. The summed E-state index contributed by atoms with van der Waals surface area (Å²) in [4.78, 5) is 59.8. The van der Waals surface area contributed by atoms with Crippen LogP contribution in [0.3, 0.4) is 0 Å². The second-order valence-electron chi connectivity index (χ2n) is 16.4. The highest BCUT2D eigenvalue weighted by Crippen LogP contribution is 2.20. The number of esters is 2. The van der Waals surface area contributed by atoms with E-state index >= 15 is 0 Å². The lowest BCUT2D eigenvalue weighted by Crippen LogP contribution is -2.61. The Labute approximate surface area is 324 Å². The van der Waals surface area contributed by atoms with E-state index in [9.17, 15) is 24.0 Å². The standard InChI is InChI=1S/C17H23ClN2O3.C13H16ClNO.C10H18O4/c1-11-15(21)19-14(9-12-5-7-13(18)8-6-12)10-20(11)16(22)23-17(2,3)4;1-9-2-7-12(15-13(9)16)8-10-3-5-11(14)6-4-10;1-9(2,3)13-7(11)8(12)14-10(4,5)6/h5-8,11,14H,9-10H2,1-4H3,(H,19,21);3-6,9,12H,2,7-8H2,1H3,(H,15,16);1-6H3/t11-,14-;9-,12-;/m01./s1. The molecule has 0 saturated carbocycles. The molecule has 0 aromatic heterocycles. The molecule has 13 heteroatoms. The monoisotopic (exact) mass is 777 g/mol. The van der Waals surface area contributed by atoms with Crippen LogP contribution in [0, 0.1) is 5.92 Å². The number of carbonyl (C=O) groups excluding carboxylic acids is 5. The van der Waals surface area contributed by atoms with Crippen molar-refractivity contribution in [3.63, 3.8) is 0 Å². The second kappa shape index (κ2) is 19.5. The number of halogens is 2. The third-order valence-corrected chi connectivity index (χ3v) is 8.24. The molecule has 0 radical (unpaired) electrons. The Morgan fingerprint density at radius 3 is 1.43 bits per heavy atom. The fourth-order valence-electron chi connectivity index (χ4n) is 5.17. The molecule has 2 saturated heterocycles. The number of ether oxygens (including phenoxy) is 3. The molecule has 3 amide bonds. The molecule has 2 fully saturated rings. The van der Waals surface area contributed by atoms with Gasteiger partial charge in [0, 0.05) is 28.5 Å². The summed E-state index contributed by atoms with van der Waals surface area (Å²) in [6, 6.07) is 14.9. The topological polar surface area (TPSA) is 140 Å². The van der Waals surface area contributed by atoms with Crippen LogP contribution in [-0.4, -0.2) is 76.2 Å². The van der Waals surface area contributed by atoms with Gasteiger partial charge in [0.2, 0.25) is 11.8 Å². The lowest BCUT2D eigenvalue weighted by molar-refractivity contribution is -0.180. The van der Waals surface area contributed by atoms with Gasteiger partial charge in [0.05, 0.1) is 6.04 Å². The van der Waals surface area contributed by atoms with E-state index in [0.29, 0.717) is 18.0 Å². The van der Waals surface area contributed by atoms with Crippen molar-refractivity contribution in [2.45, 2.75) is 137 Å². The molecule has 4 atom stereocenters. The molecule has 11 nitrogen and oxygen atoms in total. The van der Waals surface area contributed by atoms with Crippen molar-refractivity contribution in [1.82, 2.24) is 15.5 Å². The smallest absolute Gasteiger partial charge is 0.418 e. The highest BCUT2D eigenvalue weighted by Gasteiger charge is 2.36. The number of benzene rings is 2. The van der Waals surface area contributed by atoms with Crippen LogP contribution < -0.4 is 10.6 Å². The molecule has 294 valence electrons. The normalized spacial score (nSPS) is 20.3. The van der Waals surface area contributed by atoms with E-state index in [1.165, 1.54) is 10.5 Å². The zero-order valence-corrected chi connectivity index (χ0v) is 34.4. The number of piperazine rings is 1. The lowest BCUT2D eigenvalue weighted by atomic mass is 9.92. The van der Waals surface area contributed by atoms with Crippen molar-refractivity contribution in [1.29, 1.82) is 0 Å². The summed E-state index contributed by atoms with van der Waals surface area (Å²) in [6.07, 6.45) is 3.13. The molecule has 0 bridgehead atoms. The third kappa shape index (κ3) is 17.7. The van der Waals surface area contributed by atoms with Crippen molar-refractivity contribution in [3.8, 4) is 0 Å². The van der Waals surface area contributed by atoms with Crippen LogP contribution in [0.15, 0.2) is 48.5 Å². The Bertz CT molecular complexity index is 1520. The molecule has 0 spiro atoms. The van der Waals surface area contributed by atoms with Gasteiger partial charge in [0.1, 0.15) is 22.8 Å². The predicted molar refractivity (Wildman–Crippen MR) is 207 cm³/mol. The molecule has 2 N–H and O–H groups in total. The van der Waals surface area contributed by atoms with Gasteiger partial charge in [0.15, 0.2) is 0 Å². The molecule has 0 aliphatic carbocycles. The number of hydrogen-bond acceptors (Lipinski definition) is 8. The van der Waals surface area contributed by atoms with Gasteiger partial charge in [-0.1, -0.05) is 54.4 Å². The number of hydrogen-bond donors (Lipinski definition) is 2. The fraction of sp³-hybridized carbons (Fsp3) is 0.575. The maximum Gasteiger partial charge on any atom is 0.418 e. The minimum atomic E-state index is -0.951. The Morgan fingerprint density at radius 2 is 1.04 bits per heavy atom. The Kier molecular flexibility index (Phi) is 16.7. The zero-order chi connectivity index (χ0) is 40.3. The van der Waals surface area contributed by atoms with Gasteiger partial charge in [-0.05, 0) is 130 Å². The summed E-state index contributed by atoms with van der Waals surface area (Å²) in [7, 11) is 0. The Morgan fingerprint density at radius 1 is 0.642 bits per heavy atom. The summed E-state index contributed by atoms with van der Waals surface area (Å²) < 4.78 is 15.1. The largest absolute Gasteiger partial charge is 0.452 e. The predicted octanol–water partition coefficient (Wildman–Crippen LogP) is 7.47. The summed E-state index contributed by atoms with van der Waals surface area (Å²) in [5.74, 6) is -1.72. The molecule has 2 aromatic carbocycles. The maximum absolute atomic E-state index is 12.3. The highest BCUT2D eigenvalue weighted by atomic mass is 35.5. The molecule has 0 unspecified atom stereocenters. The Hall–Kier alpha value is -3.83. The molecule has 53 heavy (non-hydrogen) atoms. The maximum atomic E-state index is 12.3. The number of piperidine rings is 1. The van der Waals surface area contributed by atoms with Crippen LogP contribution in [0.2, 0.25) is 10.0 Å². The number of nitrogens with zero attached hydrogens (tertiary/aromatic N) is 1.